The molecule has 0 spiro atoms. The van der Waals surface area contributed by atoms with Gasteiger partial charge >= 0.3 is 0 Å². The molecule has 1 aromatic heterocycles. The van der Waals surface area contributed by atoms with Crippen LogP contribution in [0.4, 0.5) is 0 Å². The van der Waals surface area contributed by atoms with Gasteiger partial charge in [0.05, 0.1) is 5.69 Å². The molecule has 90 valence electrons. The minimum Gasteiger partial charge on any atom is -0.508 e. The molecule has 0 amide bonds. The molecule has 0 saturated heterocycles. The van der Waals surface area contributed by atoms with Gasteiger partial charge in [0.2, 0.25) is 5.89 Å². The second kappa shape index (κ2) is 5.50. The first-order chi connectivity index (χ1) is 8.29. The van der Waals surface area contributed by atoms with Gasteiger partial charge in [-0.15, -0.1) is 0 Å². The molecule has 1 heterocycles. The zero-order valence-corrected chi connectivity index (χ0v) is 9.81. The summed E-state index contributed by atoms with van der Waals surface area (Å²) >= 11 is 0. The van der Waals surface area contributed by atoms with E-state index in [0.717, 1.165) is 30.6 Å². The van der Waals surface area contributed by atoms with Crippen LogP contribution in [-0.2, 0) is 6.42 Å². The van der Waals surface area contributed by atoms with Crippen LogP contribution in [0.15, 0.2) is 34.9 Å². The summed E-state index contributed by atoms with van der Waals surface area (Å²) in [6.45, 7) is 0.967. The Labute approximate surface area is 100 Å². The highest BCUT2D eigenvalue weighted by Gasteiger charge is 2.06. The van der Waals surface area contributed by atoms with Gasteiger partial charge in [-0.25, -0.2) is 4.98 Å². The Morgan fingerprint density at radius 2 is 2.29 bits per heavy atom. The van der Waals surface area contributed by atoms with Gasteiger partial charge in [0.15, 0.2) is 0 Å². The van der Waals surface area contributed by atoms with Crippen molar-refractivity contribution in [1.82, 2.24) is 10.3 Å². The molecule has 17 heavy (non-hydrogen) atoms. The number of aromatic hydroxyl groups is 1. The molecule has 0 atom stereocenters. The molecule has 0 saturated carbocycles. The molecule has 0 radical (unpaired) electrons. The summed E-state index contributed by atoms with van der Waals surface area (Å²) in [5, 5.41) is 12.5. The smallest absolute Gasteiger partial charge is 0.226 e. The van der Waals surface area contributed by atoms with Crippen LogP contribution < -0.4 is 5.32 Å². The third-order valence-electron chi connectivity index (χ3n) is 2.50. The lowest BCUT2D eigenvalue weighted by Crippen LogP contribution is -2.08. The Hall–Kier alpha value is -1.81. The second-order valence-corrected chi connectivity index (χ2v) is 3.90. The quantitative estimate of drug-likeness (QED) is 0.776. The van der Waals surface area contributed by atoms with Crippen LogP contribution in [0.5, 0.6) is 5.75 Å². The van der Waals surface area contributed by atoms with E-state index >= 15 is 0 Å². The van der Waals surface area contributed by atoms with E-state index in [0.29, 0.717) is 5.89 Å². The standard InChI is InChI=1S/C13H16N2O2/c1-14-7-3-5-11-9-17-13(15-11)10-4-2-6-12(16)8-10/h2,4,6,8-9,14,16H,3,5,7H2,1H3. The van der Waals surface area contributed by atoms with Gasteiger partial charge in [0, 0.05) is 5.56 Å². The first kappa shape index (κ1) is 11.7. The molecule has 2 aromatic rings. The summed E-state index contributed by atoms with van der Waals surface area (Å²) in [5.41, 5.74) is 1.74. The topological polar surface area (TPSA) is 58.3 Å². The second-order valence-electron chi connectivity index (χ2n) is 3.90. The van der Waals surface area contributed by atoms with Gasteiger partial charge < -0.3 is 14.8 Å². The number of phenols is 1. The lowest BCUT2D eigenvalue weighted by Gasteiger charge is -1.96. The third kappa shape index (κ3) is 3.07. The van der Waals surface area contributed by atoms with Crippen LogP contribution in [0, 0.1) is 0 Å². The van der Waals surface area contributed by atoms with Gasteiger partial charge in [-0.2, -0.15) is 0 Å². The van der Waals surface area contributed by atoms with E-state index in [-0.39, 0.29) is 5.75 Å². The average molecular weight is 232 g/mol. The molecular formula is C13H16N2O2. The Bertz CT molecular complexity index is 480. The van der Waals surface area contributed by atoms with E-state index in [1.54, 1.807) is 24.5 Å². The number of oxazole rings is 1. The van der Waals surface area contributed by atoms with Crippen molar-refractivity contribution in [3.63, 3.8) is 0 Å². The minimum absolute atomic E-state index is 0.220. The van der Waals surface area contributed by atoms with Gasteiger partial charge in [-0.1, -0.05) is 6.07 Å². The normalized spacial score (nSPS) is 10.6. The SMILES string of the molecule is CNCCCc1coc(-c2cccc(O)c2)n1. The van der Waals surface area contributed by atoms with Crippen LogP contribution in [0.2, 0.25) is 0 Å². The van der Waals surface area contributed by atoms with E-state index in [1.807, 2.05) is 13.1 Å². The maximum atomic E-state index is 9.38. The molecule has 2 N–H and O–H groups in total. The summed E-state index contributed by atoms with van der Waals surface area (Å²) in [6.07, 6.45) is 3.60. The fraction of sp³-hybridized carbons (Fsp3) is 0.308. The van der Waals surface area contributed by atoms with Crippen molar-refractivity contribution in [3.05, 3.63) is 36.2 Å². The number of hydrogen-bond acceptors (Lipinski definition) is 4. The number of benzene rings is 1. The molecule has 0 bridgehead atoms. The van der Waals surface area contributed by atoms with Gasteiger partial charge in [0.1, 0.15) is 12.0 Å². The van der Waals surface area contributed by atoms with Crippen LogP contribution in [0.25, 0.3) is 11.5 Å². The molecular weight excluding hydrogens is 216 g/mol. The van der Waals surface area contributed by atoms with Gasteiger partial charge in [-0.05, 0) is 44.6 Å². The molecule has 4 nitrogen and oxygen atoms in total. The van der Waals surface area contributed by atoms with Crippen molar-refractivity contribution in [3.8, 4) is 17.2 Å². The highest BCUT2D eigenvalue weighted by molar-refractivity contribution is 5.55. The maximum absolute atomic E-state index is 9.38. The molecule has 0 aliphatic carbocycles. The number of nitrogens with zero attached hydrogens (tertiary/aromatic N) is 1. The first-order valence-electron chi connectivity index (χ1n) is 5.68. The predicted octanol–water partition coefficient (Wildman–Crippen LogP) is 2.20. The molecule has 2 rings (SSSR count). The summed E-state index contributed by atoms with van der Waals surface area (Å²) in [4.78, 5) is 4.39. The molecule has 4 heteroatoms. The number of nitrogens with one attached hydrogen (secondary N) is 1. The predicted molar refractivity (Wildman–Crippen MR) is 65.9 cm³/mol. The van der Waals surface area contributed by atoms with E-state index in [9.17, 15) is 5.11 Å². The highest BCUT2D eigenvalue weighted by atomic mass is 16.3. The van der Waals surface area contributed by atoms with Crippen LogP contribution in [0.3, 0.4) is 0 Å². The molecule has 1 aromatic carbocycles. The average Bonchev–Trinajstić information content (AvgIpc) is 2.78. The lowest BCUT2D eigenvalue weighted by molar-refractivity contribution is 0.475. The van der Waals surface area contributed by atoms with Crippen LogP contribution in [-0.4, -0.2) is 23.7 Å². The van der Waals surface area contributed by atoms with Gasteiger partial charge in [-0.3, -0.25) is 0 Å². The Kier molecular flexibility index (Phi) is 3.77. The number of hydrogen-bond donors (Lipinski definition) is 2. The zero-order chi connectivity index (χ0) is 12.1. The summed E-state index contributed by atoms with van der Waals surface area (Å²) in [5.74, 6) is 0.776. The molecule has 0 aliphatic heterocycles. The van der Waals surface area contributed by atoms with Crippen molar-refractivity contribution in [2.75, 3.05) is 13.6 Å². The lowest BCUT2D eigenvalue weighted by atomic mass is 10.2. The van der Waals surface area contributed by atoms with Crippen molar-refractivity contribution >= 4 is 0 Å². The third-order valence-corrected chi connectivity index (χ3v) is 2.50. The summed E-state index contributed by atoms with van der Waals surface area (Å²) < 4.78 is 5.39. The van der Waals surface area contributed by atoms with Crippen molar-refractivity contribution in [2.45, 2.75) is 12.8 Å². The van der Waals surface area contributed by atoms with Crippen LogP contribution >= 0.6 is 0 Å². The number of phenolic OH excluding ortho intramolecular Hbond substituents is 1. The van der Waals surface area contributed by atoms with Crippen LogP contribution in [0.1, 0.15) is 12.1 Å². The van der Waals surface area contributed by atoms with Crippen molar-refractivity contribution < 1.29 is 9.52 Å². The molecule has 0 aliphatic rings. The fourth-order valence-electron chi connectivity index (χ4n) is 1.64. The molecule has 0 fully saturated rings. The molecule has 0 unspecified atom stereocenters. The van der Waals surface area contributed by atoms with Crippen molar-refractivity contribution in [1.29, 1.82) is 0 Å². The number of rotatable bonds is 5. The Balaban J connectivity index is 2.07. The highest BCUT2D eigenvalue weighted by Crippen LogP contribution is 2.22. The number of aryl methyl sites for hydroxylation is 1. The van der Waals surface area contributed by atoms with Gasteiger partial charge in [0.25, 0.3) is 0 Å². The number of aromatic nitrogens is 1. The van der Waals surface area contributed by atoms with E-state index < -0.39 is 0 Å². The Morgan fingerprint density at radius 3 is 3.06 bits per heavy atom. The van der Waals surface area contributed by atoms with Crippen molar-refractivity contribution in [2.24, 2.45) is 0 Å². The minimum atomic E-state index is 0.220. The largest absolute Gasteiger partial charge is 0.508 e. The fourth-order valence-corrected chi connectivity index (χ4v) is 1.64. The Morgan fingerprint density at radius 1 is 1.41 bits per heavy atom. The zero-order valence-electron chi connectivity index (χ0n) is 9.81. The first-order valence-corrected chi connectivity index (χ1v) is 5.68. The van der Waals surface area contributed by atoms with E-state index in [4.69, 9.17) is 4.42 Å². The van der Waals surface area contributed by atoms with E-state index in [1.165, 1.54) is 0 Å². The maximum Gasteiger partial charge on any atom is 0.226 e. The summed E-state index contributed by atoms with van der Waals surface area (Å²) in [7, 11) is 1.93. The summed E-state index contributed by atoms with van der Waals surface area (Å²) in [6, 6.07) is 6.90. The van der Waals surface area contributed by atoms with E-state index in [2.05, 4.69) is 10.3 Å². The monoisotopic (exact) mass is 232 g/mol.